The minimum atomic E-state index is -3.61. The summed E-state index contributed by atoms with van der Waals surface area (Å²) in [6.45, 7) is -0.128. The summed E-state index contributed by atoms with van der Waals surface area (Å²) in [6.07, 6.45) is 3.90. The zero-order valence-corrected chi connectivity index (χ0v) is 21.8. The fraction of sp³-hybridized carbons (Fsp3) is 0.115. The van der Waals surface area contributed by atoms with Gasteiger partial charge in [0.05, 0.1) is 17.1 Å². The number of carbonyl (C=O) groups is 1. The van der Waals surface area contributed by atoms with Gasteiger partial charge in [-0.05, 0) is 46.8 Å². The number of tetrazole rings is 1. The van der Waals surface area contributed by atoms with E-state index in [1.807, 2.05) is 0 Å². The van der Waals surface area contributed by atoms with Crippen molar-refractivity contribution in [3.63, 3.8) is 0 Å². The molecule has 1 aliphatic heterocycles. The van der Waals surface area contributed by atoms with E-state index in [4.69, 9.17) is 16.0 Å². The summed E-state index contributed by atoms with van der Waals surface area (Å²) >= 11 is 0. The molecular weight excluding hydrogens is 539 g/mol. The number of anilines is 1. The van der Waals surface area contributed by atoms with Crippen LogP contribution >= 0.6 is 0 Å². The molecule has 1 amide bonds. The number of halogens is 1. The van der Waals surface area contributed by atoms with Gasteiger partial charge in [0.15, 0.2) is 9.84 Å². The number of nitrogens with zero attached hydrogens (tertiary/aromatic N) is 4. The molecule has 1 aliphatic rings. The highest BCUT2D eigenvalue weighted by Crippen LogP contribution is 2.33. The lowest BCUT2D eigenvalue weighted by Crippen LogP contribution is -2.46. The predicted octanol–water partition coefficient (Wildman–Crippen LogP) is 2.12. The van der Waals surface area contributed by atoms with Gasteiger partial charge in [0.2, 0.25) is 5.60 Å². The Kier molecular flexibility index (Phi) is 6.87. The summed E-state index contributed by atoms with van der Waals surface area (Å²) in [6, 6.07) is 16.8. The van der Waals surface area contributed by atoms with Crippen LogP contribution in [0.25, 0.3) is 16.8 Å². The van der Waals surface area contributed by atoms with Crippen molar-refractivity contribution >= 4 is 33.0 Å². The van der Waals surface area contributed by atoms with Crippen molar-refractivity contribution in [3.8, 4) is 11.1 Å². The molecule has 0 bridgehead atoms. The Morgan fingerprint density at radius 1 is 1.15 bits per heavy atom. The van der Waals surface area contributed by atoms with Crippen molar-refractivity contribution in [1.29, 1.82) is 5.41 Å². The van der Waals surface area contributed by atoms with Crippen LogP contribution in [0, 0.1) is 11.2 Å². The van der Waals surface area contributed by atoms with E-state index in [9.17, 15) is 13.2 Å². The topological polar surface area (TPSA) is 178 Å². The van der Waals surface area contributed by atoms with Gasteiger partial charge in [-0.15, -0.1) is 5.10 Å². The van der Waals surface area contributed by atoms with Crippen LogP contribution in [0.15, 0.2) is 84.0 Å². The number of aromatic nitrogens is 4. The van der Waals surface area contributed by atoms with E-state index < -0.39 is 27.2 Å². The highest BCUT2D eigenvalue weighted by Gasteiger charge is 2.44. The van der Waals surface area contributed by atoms with Crippen LogP contribution in [0.2, 0.25) is 0 Å². The lowest BCUT2D eigenvalue weighted by atomic mass is 9.98. The van der Waals surface area contributed by atoms with Gasteiger partial charge in [0.25, 0.3) is 5.91 Å². The van der Waals surface area contributed by atoms with Crippen molar-refractivity contribution < 1.29 is 22.4 Å². The molecule has 2 heterocycles. The number of nitrogens with two attached hydrogens (primary N) is 1. The molecule has 3 aromatic carbocycles. The highest BCUT2D eigenvalue weighted by atomic mass is 32.2. The molecule has 5 N–H and O–H groups in total. The Bertz CT molecular complexity index is 1760. The molecule has 40 heavy (non-hydrogen) atoms. The van der Waals surface area contributed by atoms with Crippen LogP contribution in [0.1, 0.15) is 11.1 Å². The molecule has 0 saturated heterocycles. The maximum atomic E-state index is 15.3. The second-order valence-electron chi connectivity index (χ2n) is 9.07. The van der Waals surface area contributed by atoms with E-state index in [-0.39, 0.29) is 34.1 Å². The summed E-state index contributed by atoms with van der Waals surface area (Å²) < 4.78 is 41.0. The molecule has 0 spiro atoms. The Hall–Kier alpha value is -4.95. The number of amides is 1. The smallest absolute Gasteiger partial charge is 0.265 e. The number of rotatable bonds is 8. The average molecular weight is 563 g/mol. The summed E-state index contributed by atoms with van der Waals surface area (Å²) in [7, 11) is -3.61. The zero-order valence-electron chi connectivity index (χ0n) is 21.0. The molecule has 0 radical (unpaired) electrons. The predicted molar refractivity (Wildman–Crippen MR) is 144 cm³/mol. The van der Waals surface area contributed by atoms with Crippen LogP contribution in [0.4, 0.5) is 10.1 Å². The molecule has 12 nitrogen and oxygen atoms in total. The van der Waals surface area contributed by atoms with Crippen LogP contribution in [-0.2, 0) is 26.0 Å². The standard InChI is InChI=1S/C26H23FN8O4S/c1-40(37,38)23-8-3-2-7-20(23)19-10-9-18(12-21(19)27)31-25(36)26(14-35-15-30-33-34-35)13-22(32-39-26)16-5-4-6-17(11-16)24(28)29/h2-13,15,32H,14H2,1H3,(H3,28,29)(H,31,36). The molecular formula is C26H23FN8O4S. The minimum Gasteiger partial charge on any atom is -0.384 e. The Morgan fingerprint density at radius 2 is 1.95 bits per heavy atom. The first-order chi connectivity index (χ1) is 19.1. The van der Waals surface area contributed by atoms with Crippen LogP contribution in [0.3, 0.4) is 0 Å². The summed E-state index contributed by atoms with van der Waals surface area (Å²) in [5, 5.41) is 21.4. The van der Waals surface area contributed by atoms with Crippen LogP contribution < -0.4 is 16.5 Å². The zero-order chi connectivity index (χ0) is 28.5. The average Bonchev–Trinajstić information content (AvgIpc) is 3.59. The lowest BCUT2D eigenvalue weighted by Gasteiger charge is -2.24. The molecule has 1 atom stereocenters. The molecule has 4 aromatic rings. The first kappa shape index (κ1) is 26.6. The fourth-order valence-electron chi connectivity index (χ4n) is 4.25. The molecule has 14 heteroatoms. The lowest BCUT2D eigenvalue weighted by molar-refractivity contribution is -0.140. The number of hydrogen-bond donors (Lipinski definition) is 4. The largest absolute Gasteiger partial charge is 0.384 e. The van der Waals surface area contributed by atoms with Crippen LogP contribution in [-0.4, -0.2) is 52.2 Å². The van der Waals surface area contributed by atoms with Gasteiger partial charge < -0.3 is 11.1 Å². The fourth-order valence-corrected chi connectivity index (χ4v) is 5.15. The van der Waals surface area contributed by atoms with E-state index in [2.05, 4.69) is 26.3 Å². The molecule has 204 valence electrons. The normalized spacial score (nSPS) is 16.7. The van der Waals surface area contributed by atoms with Crippen molar-refractivity contribution in [2.45, 2.75) is 17.0 Å². The third kappa shape index (κ3) is 5.30. The molecule has 1 unspecified atom stereocenters. The monoisotopic (exact) mass is 562 g/mol. The first-order valence-electron chi connectivity index (χ1n) is 11.8. The molecule has 5 rings (SSSR count). The first-order valence-corrected chi connectivity index (χ1v) is 13.7. The number of nitrogen functional groups attached to an aromatic ring is 1. The number of nitrogens with one attached hydrogen (secondary N) is 3. The highest BCUT2D eigenvalue weighted by molar-refractivity contribution is 7.90. The summed E-state index contributed by atoms with van der Waals surface area (Å²) in [5.74, 6) is -1.51. The van der Waals surface area contributed by atoms with E-state index in [1.165, 1.54) is 41.4 Å². The van der Waals surface area contributed by atoms with Gasteiger partial charge in [-0.3, -0.25) is 20.5 Å². The van der Waals surface area contributed by atoms with E-state index in [0.717, 1.165) is 12.3 Å². The quantitative estimate of drug-likeness (QED) is 0.185. The number of benzene rings is 3. The summed E-state index contributed by atoms with van der Waals surface area (Å²) in [4.78, 5) is 19.4. The third-order valence-electron chi connectivity index (χ3n) is 6.18. The number of sulfone groups is 1. The van der Waals surface area contributed by atoms with E-state index >= 15 is 4.39 Å². The Labute approximate surface area is 228 Å². The van der Waals surface area contributed by atoms with Gasteiger partial charge in [0, 0.05) is 34.2 Å². The van der Waals surface area contributed by atoms with Crippen molar-refractivity contribution in [2.75, 3.05) is 11.6 Å². The second-order valence-corrected chi connectivity index (χ2v) is 11.1. The van der Waals surface area contributed by atoms with Crippen molar-refractivity contribution in [2.24, 2.45) is 5.73 Å². The van der Waals surface area contributed by atoms with Crippen molar-refractivity contribution in [1.82, 2.24) is 25.7 Å². The van der Waals surface area contributed by atoms with E-state index in [0.29, 0.717) is 16.8 Å². The Morgan fingerprint density at radius 3 is 2.65 bits per heavy atom. The van der Waals surface area contributed by atoms with Gasteiger partial charge in [-0.25, -0.2) is 17.5 Å². The number of hydrogen-bond acceptors (Lipinski definition) is 9. The van der Waals surface area contributed by atoms with Crippen molar-refractivity contribution in [3.05, 3.63) is 96.1 Å². The maximum Gasteiger partial charge on any atom is 0.265 e. The van der Waals surface area contributed by atoms with Crippen LogP contribution in [0.5, 0.6) is 0 Å². The van der Waals surface area contributed by atoms with Gasteiger partial charge in [-0.1, -0.05) is 36.4 Å². The van der Waals surface area contributed by atoms with Gasteiger partial charge >= 0.3 is 0 Å². The SMILES string of the molecule is CS(=O)(=O)c1ccccc1-c1ccc(NC(=O)C2(Cn3cnnn3)C=C(c3cccc(C(=N)N)c3)NO2)cc1F. The summed E-state index contributed by atoms with van der Waals surface area (Å²) in [5.41, 5.74) is 8.61. The Balaban J connectivity index is 1.47. The van der Waals surface area contributed by atoms with Gasteiger partial charge in [0.1, 0.15) is 18.0 Å². The van der Waals surface area contributed by atoms with Gasteiger partial charge in [-0.2, -0.15) is 0 Å². The molecule has 0 saturated carbocycles. The molecule has 0 aliphatic carbocycles. The second kappa shape index (κ2) is 10.3. The molecule has 1 aromatic heterocycles. The minimum absolute atomic E-state index is 0.0111. The van der Waals surface area contributed by atoms with E-state index in [1.54, 1.807) is 36.4 Å². The molecule has 0 fully saturated rings. The number of hydroxylamine groups is 1. The third-order valence-corrected chi connectivity index (χ3v) is 7.34. The number of carbonyl (C=O) groups excluding carboxylic acids is 1. The maximum absolute atomic E-state index is 15.3. The number of amidine groups is 1.